The van der Waals surface area contributed by atoms with Crippen LogP contribution in [0.15, 0.2) is 42.7 Å². The van der Waals surface area contributed by atoms with Gasteiger partial charge in [-0.05, 0) is 63.9 Å². The van der Waals surface area contributed by atoms with Crippen LogP contribution in [0.3, 0.4) is 0 Å². The summed E-state index contributed by atoms with van der Waals surface area (Å²) in [4.78, 5) is 14.9. The average molecular weight is 507 g/mol. The fourth-order valence-corrected chi connectivity index (χ4v) is 4.77. The number of nitrogens with zero attached hydrogens (tertiary/aromatic N) is 3. The molecule has 8 nitrogen and oxygen atoms in total. The van der Waals surface area contributed by atoms with Gasteiger partial charge >= 0.3 is 0 Å². The molecule has 4 rings (SSSR count). The van der Waals surface area contributed by atoms with E-state index in [1.165, 1.54) is 49.7 Å². The fourth-order valence-electron chi connectivity index (χ4n) is 4.11. The van der Waals surface area contributed by atoms with Gasteiger partial charge in [0.05, 0.1) is 28.1 Å². The minimum absolute atomic E-state index is 0.119. The number of fused-ring (bicyclic) bond motifs is 1. The Labute approximate surface area is 202 Å². The molecule has 1 fully saturated rings. The van der Waals surface area contributed by atoms with Crippen molar-refractivity contribution in [1.82, 2.24) is 14.3 Å². The highest BCUT2D eigenvalue weighted by Crippen LogP contribution is 2.40. The number of pyridine rings is 1. The monoisotopic (exact) mass is 506 g/mol. The van der Waals surface area contributed by atoms with Crippen molar-refractivity contribution in [3.63, 3.8) is 0 Å². The standard InChI is InChI=1S/C24H28F2N4O4S/c1-24(2,3)35(32,33)28-23(31)19-15-27-30-11-8-17(14-21(19)30)29-10-4-5-20(29)18-13-16(26)6-7-22(18)34-12-9-25/h6-8,11,13-15,20H,4-5,9-10,12H2,1-3H3,(H,28,31)/t20-/m1/s1. The zero-order valence-electron chi connectivity index (χ0n) is 19.8. The molecular weight excluding hydrogens is 478 g/mol. The van der Waals surface area contributed by atoms with Crippen molar-refractivity contribution in [3.05, 3.63) is 59.7 Å². The number of hydrogen-bond donors (Lipinski definition) is 1. The lowest BCUT2D eigenvalue weighted by atomic mass is 10.0. The van der Waals surface area contributed by atoms with Crippen LogP contribution < -0.4 is 14.4 Å². The number of alkyl halides is 1. The molecule has 35 heavy (non-hydrogen) atoms. The van der Waals surface area contributed by atoms with Crippen LogP contribution in [0, 0.1) is 5.82 Å². The van der Waals surface area contributed by atoms with E-state index in [9.17, 15) is 22.0 Å². The molecule has 0 saturated carbocycles. The molecule has 11 heteroatoms. The van der Waals surface area contributed by atoms with E-state index in [4.69, 9.17) is 4.74 Å². The summed E-state index contributed by atoms with van der Waals surface area (Å²) >= 11 is 0. The second-order valence-electron chi connectivity index (χ2n) is 9.39. The Hall–Kier alpha value is -3.21. The first kappa shape index (κ1) is 24.9. The first-order valence-corrected chi connectivity index (χ1v) is 12.8. The van der Waals surface area contributed by atoms with Crippen LogP contribution in [0.1, 0.15) is 55.6 Å². The Morgan fingerprint density at radius 3 is 2.74 bits per heavy atom. The van der Waals surface area contributed by atoms with E-state index in [-0.39, 0.29) is 18.2 Å². The molecule has 1 atom stereocenters. The van der Waals surface area contributed by atoms with Gasteiger partial charge in [0, 0.05) is 24.0 Å². The molecule has 188 valence electrons. The normalized spacial score (nSPS) is 16.6. The molecule has 1 saturated heterocycles. The summed E-state index contributed by atoms with van der Waals surface area (Å²) in [6, 6.07) is 7.56. The lowest BCUT2D eigenvalue weighted by Crippen LogP contribution is -2.42. The second kappa shape index (κ2) is 9.44. The molecule has 1 aliphatic heterocycles. The molecule has 1 aliphatic rings. The number of hydrogen-bond acceptors (Lipinski definition) is 6. The van der Waals surface area contributed by atoms with Gasteiger partial charge in [0.2, 0.25) is 10.0 Å². The Balaban J connectivity index is 1.68. The first-order valence-electron chi connectivity index (χ1n) is 11.3. The van der Waals surface area contributed by atoms with Crippen LogP contribution in [-0.4, -0.2) is 48.5 Å². The zero-order valence-corrected chi connectivity index (χ0v) is 20.6. The molecular formula is C24H28F2N4O4S. The van der Waals surface area contributed by atoms with Crippen molar-refractivity contribution in [3.8, 4) is 5.75 Å². The van der Waals surface area contributed by atoms with Crippen LogP contribution in [0.2, 0.25) is 0 Å². The summed E-state index contributed by atoms with van der Waals surface area (Å²) < 4.78 is 59.8. The zero-order chi connectivity index (χ0) is 25.4. The molecule has 0 spiro atoms. The Morgan fingerprint density at radius 2 is 2.03 bits per heavy atom. The summed E-state index contributed by atoms with van der Waals surface area (Å²) in [6.45, 7) is 4.41. The molecule has 1 amide bonds. The van der Waals surface area contributed by atoms with E-state index < -0.39 is 33.2 Å². The summed E-state index contributed by atoms with van der Waals surface area (Å²) in [7, 11) is -3.90. The number of carbonyl (C=O) groups excluding carboxylic acids is 1. The van der Waals surface area contributed by atoms with E-state index >= 15 is 0 Å². The van der Waals surface area contributed by atoms with Crippen LogP contribution in [0.4, 0.5) is 14.5 Å². The van der Waals surface area contributed by atoms with E-state index in [0.717, 1.165) is 18.5 Å². The number of aromatic nitrogens is 2. The van der Waals surface area contributed by atoms with Gasteiger partial charge in [0.25, 0.3) is 5.91 Å². The predicted octanol–water partition coefficient (Wildman–Crippen LogP) is 4.02. The SMILES string of the molecule is CC(C)(C)S(=O)(=O)NC(=O)c1cnn2ccc(N3CCC[C@@H]3c3cc(F)ccc3OCCF)cc12. The number of halogens is 2. The minimum atomic E-state index is -3.90. The van der Waals surface area contributed by atoms with Crippen LogP contribution in [-0.2, 0) is 10.0 Å². The molecule has 2 aromatic heterocycles. The highest BCUT2D eigenvalue weighted by atomic mass is 32.2. The Morgan fingerprint density at radius 1 is 1.26 bits per heavy atom. The Bertz CT molecular complexity index is 1350. The van der Waals surface area contributed by atoms with Gasteiger partial charge in [0.15, 0.2) is 0 Å². The van der Waals surface area contributed by atoms with Gasteiger partial charge in [-0.3, -0.25) is 4.79 Å². The maximum Gasteiger partial charge on any atom is 0.268 e. The number of sulfonamides is 1. The summed E-state index contributed by atoms with van der Waals surface area (Å²) in [5, 5.41) is 4.17. The molecule has 0 bridgehead atoms. The van der Waals surface area contributed by atoms with Gasteiger partial charge < -0.3 is 9.64 Å². The highest BCUT2D eigenvalue weighted by Gasteiger charge is 2.33. The molecule has 0 aliphatic carbocycles. The van der Waals surface area contributed by atoms with Crippen LogP contribution >= 0.6 is 0 Å². The molecule has 1 N–H and O–H groups in total. The van der Waals surface area contributed by atoms with Crippen LogP contribution in [0.25, 0.3) is 5.52 Å². The second-order valence-corrected chi connectivity index (χ2v) is 11.8. The van der Waals surface area contributed by atoms with E-state index in [0.29, 0.717) is 23.4 Å². The van der Waals surface area contributed by atoms with Crippen molar-refractivity contribution < 1.29 is 26.7 Å². The van der Waals surface area contributed by atoms with Crippen LogP contribution in [0.5, 0.6) is 5.75 Å². The van der Waals surface area contributed by atoms with Crippen molar-refractivity contribution in [2.45, 2.75) is 44.4 Å². The third-order valence-electron chi connectivity index (χ3n) is 6.03. The van der Waals surface area contributed by atoms with Crippen molar-refractivity contribution in [2.75, 3.05) is 24.7 Å². The van der Waals surface area contributed by atoms with Gasteiger partial charge in [-0.25, -0.2) is 26.4 Å². The highest BCUT2D eigenvalue weighted by molar-refractivity contribution is 7.91. The number of anilines is 1. The maximum absolute atomic E-state index is 14.1. The van der Waals surface area contributed by atoms with E-state index in [1.807, 2.05) is 6.07 Å². The van der Waals surface area contributed by atoms with Crippen molar-refractivity contribution in [2.24, 2.45) is 0 Å². The van der Waals surface area contributed by atoms with Gasteiger partial charge in [-0.1, -0.05) is 0 Å². The largest absolute Gasteiger partial charge is 0.490 e. The van der Waals surface area contributed by atoms with E-state index in [1.54, 1.807) is 12.3 Å². The number of benzene rings is 1. The third-order valence-corrected chi connectivity index (χ3v) is 8.10. The van der Waals surface area contributed by atoms with Gasteiger partial charge in [-0.2, -0.15) is 5.10 Å². The summed E-state index contributed by atoms with van der Waals surface area (Å²) in [5.41, 5.74) is 1.93. The molecule has 0 unspecified atom stereocenters. The van der Waals surface area contributed by atoms with Gasteiger partial charge in [0.1, 0.15) is 24.8 Å². The number of nitrogens with one attached hydrogen (secondary N) is 1. The number of carbonyl (C=O) groups is 1. The minimum Gasteiger partial charge on any atom is -0.490 e. The summed E-state index contributed by atoms with van der Waals surface area (Å²) in [5.74, 6) is -0.749. The summed E-state index contributed by atoms with van der Waals surface area (Å²) in [6.07, 6.45) is 4.58. The predicted molar refractivity (Wildman–Crippen MR) is 129 cm³/mol. The average Bonchev–Trinajstić information content (AvgIpc) is 3.44. The quantitative estimate of drug-likeness (QED) is 0.520. The van der Waals surface area contributed by atoms with Crippen molar-refractivity contribution in [1.29, 1.82) is 0 Å². The number of rotatable bonds is 7. The fraction of sp³-hybridized carbons (Fsp3) is 0.417. The lowest BCUT2D eigenvalue weighted by molar-refractivity contribution is 0.0982. The molecule has 3 aromatic rings. The number of ether oxygens (including phenoxy) is 1. The first-order chi connectivity index (χ1) is 16.5. The number of amides is 1. The smallest absolute Gasteiger partial charge is 0.268 e. The topological polar surface area (TPSA) is 93.0 Å². The molecule has 3 heterocycles. The third kappa shape index (κ3) is 4.95. The van der Waals surface area contributed by atoms with Crippen molar-refractivity contribution >= 4 is 27.1 Å². The Kier molecular flexibility index (Phi) is 6.72. The van der Waals surface area contributed by atoms with Gasteiger partial charge in [-0.15, -0.1) is 0 Å². The lowest BCUT2D eigenvalue weighted by Gasteiger charge is -2.28. The molecule has 1 aromatic carbocycles. The maximum atomic E-state index is 14.1. The molecule has 0 radical (unpaired) electrons. The van der Waals surface area contributed by atoms with E-state index in [2.05, 4.69) is 14.7 Å².